The van der Waals surface area contributed by atoms with Crippen molar-refractivity contribution < 1.29 is 9.84 Å². The standard InChI is InChI=1S/2C2H6O/c1-3-2;1-2-3/h1-2H3;3H,2H2,1H3. The SMILES string of the molecule is CCO.COC. The first-order valence-electron chi connectivity index (χ1n) is 1.84. The van der Waals surface area contributed by atoms with Crippen molar-refractivity contribution in [3.63, 3.8) is 0 Å². The van der Waals surface area contributed by atoms with E-state index in [0.29, 0.717) is 0 Å². The Bertz CT molecular complexity index is 7.51. The van der Waals surface area contributed by atoms with Gasteiger partial charge in [0.15, 0.2) is 0 Å². The molecule has 0 aliphatic rings. The largest absolute Gasteiger partial charge is 0.397 e. The van der Waals surface area contributed by atoms with E-state index in [9.17, 15) is 0 Å². The van der Waals surface area contributed by atoms with Gasteiger partial charge in [-0.25, -0.2) is 0 Å². The van der Waals surface area contributed by atoms with Gasteiger partial charge in [0.2, 0.25) is 0 Å². The first-order valence-corrected chi connectivity index (χ1v) is 1.84. The van der Waals surface area contributed by atoms with Gasteiger partial charge in [0.05, 0.1) is 0 Å². The van der Waals surface area contributed by atoms with Gasteiger partial charge in [-0.2, -0.15) is 0 Å². The van der Waals surface area contributed by atoms with Crippen molar-refractivity contribution in [2.45, 2.75) is 6.92 Å². The predicted octanol–water partition coefficient (Wildman–Crippen LogP) is 0.261. The Labute approximate surface area is 38.7 Å². The molecule has 0 unspecified atom stereocenters. The van der Waals surface area contributed by atoms with Gasteiger partial charge in [-0.15, -0.1) is 0 Å². The summed E-state index contributed by atoms with van der Waals surface area (Å²) in [7, 11) is 3.25. The van der Waals surface area contributed by atoms with Crippen LogP contribution >= 0.6 is 0 Å². The Hall–Kier alpha value is -0.0800. The maximum absolute atomic E-state index is 7.57. The second kappa shape index (κ2) is 20.5. The third kappa shape index (κ3) is 5220. The molecule has 0 aromatic rings. The highest BCUT2D eigenvalue weighted by atomic mass is 16.4. The summed E-state index contributed by atoms with van der Waals surface area (Å²) in [5, 5.41) is 7.57. The summed E-state index contributed by atoms with van der Waals surface area (Å²) >= 11 is 0. The number of aliphatic hydroxyl groups is 1. The van der Waals surface area contributed by atoms with Gasteiger partial charge in [0, 0.05) is 20.8 Å². The molecule has 0 aromatic carbocycles. The summed E-state index contributed by atoms with van der Waals surface area (Å²) in [4.78, 5) is 0. The summed E-state index contributed by atoms with van der Waals surface area (Å²) in [5.41, 5.74) is 0. The number of hydrogen-bond donors (Lipinski definition) is 1. The summed E-state index contributed by atoms with van der Waals surface area (Å²) < 4.78 is 4.25. The van der Waals surface area contributed by atoms with Crippen molar-refractivity contribution in [2.24, 2.45) is 0 Å². The maximum atomic E-state index is 7.57. The smallest absolute Gasteiger partial charge is 0.0402 e. The van der Waals surface area contributed by atoms with Crippen LogP contribution in [0.15, 0.2) is 0 Å². The fourth-order valence-corrected chi connectivity index (χ4v) is 0. The van der Waals surface area contributed by atoms with E-state index in [1.165, 1.54) is 0 Å². The summed E-state index contributed by atoms with van der Waals surface area (Å²) in [6.07, 6.45) is 0. The Morgan fingerprint density at radius 2 is 1.50 bits per heavy atom. The van der Waals surface area contributed by atoms with Crippen molar-refractivity contribution in [2.75, 3.05) is 20.8 Å². The van der Waals surface area contributed by atoms with E-state index in [4.69, 9.17) is 5.11 Å². The molecular weight excluding hydrogens is 80.0 g/mol. The zero-order chi connectivity index (χ0) is 5.41. The molecule has 0 saturated heterocycles. The molecule has 0 fully saturated rings. The van der Waals surface area contributed by atoms with Crippen LogP contribution < -0.4 is 0 Å². The second-order valence-electron chi connectivity index (χ2n) is 0.724. The molecule has 0 saturated carbocycles. The molecule has 0 spiro atoms. The first-order chi connectivity index (χ1) is 2.83. The Kier molecular flexibility index (Phi) is 31.9. The average molecular weight is 92.1 g/mol. The normalized spacial score (nSPS) is 6.00. The van der Waals surface area contributed by atoms with Crippen LogP contribution in [0.4, 0.5) is 0 Å². The Morgan fingerprint density at radius 3 is 1.50 bits per heavy atom. The first kappa shape index (κ1) is 9.33. The van der Waals surface area contributed by atoms with E-state index in [0.717, 1.165) is 0 Å². The summed E-state index contributed by atoms with van der Waals surface area (Å²) in [6.45, 7) is 1.93. The lowest BCUT2D eigenvalue weighted by Gasteiger charge is -1.61. The van der Waals surface area contributed by atoms with Gasteiger partial charge >= 0.3 is 0 Å². The molecule has 0 radical (unpaired) electrons. The average Bonchev–Trinajstić information content (AvgIpc) is 1.39. The minimum Gasteiger partial charge on any atom is -0.397 e. The quantitative estimate of drug-likeness (QED) is 0.464. The Morgan fingerprint density at radius 1 is 1.50 bits per heavy atom. The summed E-state index contributed by atoms with van der Waals surface area (Å²) in [5.74, 6) is 0. The third-order valence-electron chi connectivity index (χ3n) is 0. The number of methoxy groups -OCH3 is 1. The van der Waals surface area contributed by atoms with Crippen molar-refractivity contribution >= 4 is 0 Å². The van der Waals surface area contributed by atoms with E-state index in [1.54, 1.807) is 21.1 Å². The topological polar surface area (TPSA) is 29.5 Å². The van der Waals surface area contributed by atoms with Gasteiger partial charge in [-0.1, -0.05) is 0 Å². The van der Waals surface area contributed by atoms with Crippen LogP contribution in [0, 0.1) is 0 Å². The van der Waals surface area contributed by atoms with Gasteiger partial charge in [0.1, 0.15) is 0 Å². The van der Waals surface area contributed by atoms with Crippen LogP contribution in [0.25, 0.3) is 0 Å². The number of hydrogen-bond acceptors (Lipinski definition) is 2. The fourth-order valence-electron chi connectivity index (χ4n) is 0. The van der Waals surface area contributed by atoms with Crippen molar-refractivity contribution in [1.29, 1.82) is 0 Å². The highest BCUT2D eigenvalue weighted by Crippen LogP contribution is 1.30. The molecular formula is C4H12O2. The molecule has 0 atom stereocenters. The molecule has 2 nitrogen and oxygen atoms in total. The van der Waals surface area contributed by atoms with E-state index in [1.807, 2.05) is 0 Å². The van der Waals surface area contributed by atoms with Crippen LogP contribution in [0.5, 0.6) is 0 Å². The van der Waals surface area contributed by atoms with Gasteiger partial charge in [0.25, 0.3) is 0 Å². The number of aliphatic hydroxyl groups excluding tert-OH is 1. The van der Waals surface area contributed by atoms with Crippen LogP contribution in [0.1, 0.15) is 6.92 Å². The van der Waals surface area contributed by atoms with Crippen molar-refractivity contribution in [1.82, 2.24) is 0 Å². The molecule has 6 heavy (non-hydrogen) atoms. The van der Waals surface area contributed by atoms with Crippen LogP contribution in [-0.4, -0.2) is 25.9 Å². The van der Waals surface area contributed by atoms with Gasteiger partial charge in [-0.3, -0.25) is 0 Å². The molecule has 0 bridgehead atoms. The molecule has 40 valence electrons. The van der Waals surface area contributed by atoms with E-state index in [-0.39, 0.29) is 6.61 Å². The zero-order valence-corrected chi connectivity index (χ0v) is 4.56. The molecule has 0 aromatic heterocycles. The van der Waals surface area contributed by atoms with Gasteiger partial charge in [-0.05, 0) is 6.92 Å². The van der Waals surface area contributed by atoms with E-state index < -0.39 is 0 Å². The number of ether oxygens (including phenoxy) is 1. The van der Waals surface area contributed by atoms with E-state index >= 15 is 0 Å². The molecule has 0 aliphatic carbocycles. The molecule has 0 aliphatic heterocycles. The molecule has 1 N–H and O–H groups in total. The van der Waals surface area contributed by atoms with Gasteiger partial charge < -0.3 is 9.84 Å². The third-order valence-corrected chi connectivity index (χ3v) is 0. The van der Waals surface area contributed by atoms with Crippen LogP contribution in [-0.2, 0) is 4.74 Å². The zero-order valence-electron chi connectivity index (χ0n) is 4.56. The predicted molar refractivity (Wildman–Crippen MR) is 25.7 cm³/mol. The monoisotopic (exact) mass is 92.1 g/mol. The van der Waals surface area contributed by atoms with Crippen LogP contribution in [0.3, 0.4) is 0 Å². The lowest BCUT2D eigenvalue weighted by atomic mass is 10.9. The highest BCUT2D eigenvalue weighted by molar-refractivity contribution is 3.84. The maximum Gasteiger partial charge on any atom is 0.0402 e. The molecule has 0 heterocycles. The molecule has 0 amide bonds. The number of rotatable bonds is 0. The summed E-state index contributed by atoms with van der Waals surface area (Å²) in [6, 6.07) is 0. The highest BCUT2D eigenvalue weighted by Gasteiger charge is 1.34. The second-order valence-corrected chi connectivity index (χ2v) is 0.724. The van der Waals surface area contributed by atoms with Crippen molar-refractivity contribution in [3.8, 4) is 0 Å². The van der Waals surface area contributed by atoms with E-state index in [2.05, 4.69) is 4.74 Å². The Balaban J connectivity index is 0. The van der Waals surface area contributed by atoms with Crippen LogP contribution in [0.2, 0.25) is 0 Å². The lowest BCUT2D eigenvalue weighted by molar-refractivity contribution is 0.277. The fraction of sp³-hybridized carbons (Fsp3) is 1.00. The lowest BCUT2D eigenvalue weighted by Crippen LogP contribution is -1.57. The minimum atomic E-state index is 0.250. The molecule has 2 heteroatoms. The molecule has 0 rings (SSSR count). The minimum absolute atomic E-state index is 0.250. The van der Waals surface area contributed by atoms with Crippen molar-refractivity contribution in [3.05, 3.63) is 0 Å².